The van der Waals surface area contributed by atoms with Gasteiger partial charge >= 0.3 is 6.36 Å². The lowest BCUT2D eigenvalue weighted by atomic mass is 10.3. The zero-order valence-corrected chi connectivity index (χ0v) is 12.2. The van der Waals surface area contributed by atoms with Crippen molar-refractivity contribution in [1.29, 1.82) is 0 Å². The number of para-hydroxylation sites is 1. The second-order valence-electron chi connectivity index (χ2n) is 4.33. The fourth-order valence-electron chi connectivity index (χ4n) is 1.75. The Labute approximate surface area is 125 Å². The molecule has 0 spiro atoms. The number of alkyl halides is 3. The Bertz CT molecular complexity index is 728. The summed E-state index contributed by atoms with van der Waals surface area (Å²) in [6, 6.07) is 12.4. The highest BCUT2D eigenvalue weighted by atomic mass is 32.2. The molecule has 0 radical (unpaired) electrons. The highest BCUT2D eigenvalue weighted by molar-refractivity contribution is 7.92. The van der Waals surface area contributed by atoms with Gasteiger partial charge < -0.3 is 4.74 Å². The average Bonchev–Trinajstić information content (AvgIpc) is 2.46. The van der Waals surface area contributed by atoms with E-state index in [1.807, 2.05) is 0 Å². The minimum atomic E-state index is -4.82. The Morgan fingerprint density at radius 1 is 0.955 bits per heavy atom. The highest BCUT2D eigenvalue weighted by Crippen LogP contribution is 2.26. The lowest BCUT2D eigenvalue weighted by Crippen LogP contribution is -2.26. The molecule has 0 N–H and O–H groups in total. The summed E-state index contributed by atoms with van der Waals surface area (Å²) < 4.78 is 65.8. The first-order chi connectivity index (χ1) is 10.2. The van der Waals surface area contributed by atoms with Crippen LogP contribution in [0.1, 0.15) is 0 Å². The predicted octanol–water partition coefficient (Wildman–Crippen LogP) is 3.41. The van der Waals surface area contributed by atoms with Crippen molar-refractivity contribution >= 4 is 15.7 Å². The molecule has 0 amide bonds. The molecule has 8 heteroatoms. The lowest BCUT2D eigenvalue weighted by Gasteiger charge is -2.19. The van der Waals surface area contributed by atoms with Crippen molar-refractivity contribution in [3.8, 4) is 5.75 Å². The van der Waals surface area contributed by atoms with Gasteiger partial charge in [-0.1, -0.05) is 18.2 Å². The van der Waals surface area contributed by atoms with Crippen LogP contribution in [0.25, 0.3) is 0 Å². The lowest BCUT2D eigenvalue weighted by molar-refractivity contribution is -0.274. The van der Waals surface area contributed by atoms with Gasteiger partial charge in [-0.25, -0.2) is 8.42 Å². The molecule has 22 heavy (non-hydrogen) atoms. The SMILES string of the molecule is CN(c1ccccc1)S(=O)(=O)c1ccc(OC(F)(F)F)cc1. The van der Waals surface area contributed by atoms with Crippen LogP contribution in [0.5, 0.6) is 5.75 Å². The van der Waals surface area contributed by atoms with E-state index in [2.05, 4.69) is 4.74 Å². The molecule has 0 bridgehead atoms. The second kappa shape index (κ2) is 5.88. The summed E-state index contributed by atoms with van der Waals surface area (Å²) in [4.78, 5) is -0.131. The minimum absolute atomic E-state index is 0.131. The normalized spacial score (nSPS) is 12.0. The first-order valence-electron chi connectivity index (χ1n) is 6.10. The molecule has 0 heterocycles. The highest BCUT2D eigenvalue weighted by Gasteiger charge is 2.31. The summed E-state index contributed by atoms with van der Waals surface area (Å²) in [6.07, 6.45) is -4.82. The van der Waals surface area contributed by atoms with Gasteiger partial charge in [0.05, 0.1) is 10.6 Å². The molecule has 0 aromatic heterocycles. The zero-order valence-electron chi connectivity index (χ0n) is 11.4. The van der Waals surface area contributed by atoms with Crippen LogP contribution < -0.4 is 9.04 Å². The van der Waals surface area contributed by atoms with Crippen LogP contribution in [0.3, 0.4) is 0 Å². The first kappa shape index (κ1) is 16.2. The van der Waals surface area contributed by atoms with Crippen LogP contribution in [-0.4, -0.2) is 21.8 Å². The van der Waals surface area contributed by atoms with Crippen molar-refractivity contribution in [3.05, 3.63) is 54.6 Å². The number of rotatable bonds is 4. The third-order valence-corrected chi connectivity index (χ3v) is 4.64. The van der Waals surface area contributed by atoms with Crippen LogP contribution >= 0.6 is 0 Å². The molecule has 118 valence electrons. The van der Waals surface area contributed by atoms with Gasteiger partial charge in [-0.3, -0.25) is 4.31 Å². The van der Waals surface area contributed by atoms with Crippen LogP contribution in [0.15, 0.2) is 59.5 Å². The number of halogens is 3. The van der Waals surface area contributed by atoms with Crippen LogP contribution in [0, 0.1) is 0 Å². The summed E-state index contributed by atoms with van der Waals surface area (Å²) >= 11 is 0. The molecule has 0 fully saturated rings. The molecule has 2 aromatic carbocycles. The van der Waals surface area contributed by atoms with Crippen molar-refractivity contribution in [2.24, 2.45) is 0 Å². The molecule has 0 saturated carbocycles. The van der Waals surface area contributed by atoms with E-state index < -0.39 is 22.1 Å². The summed E-state index contributed by atoms with van der Waals surface area (Å²) in [7, 11) is -2.49. The van der Waals surface area contributed by atoms with E-state index >= 15 is 0 Å². The Morgan fingerprint density at radius 3 is 2.00 bits per heavy atom. The molecule has 2 aromatic rings. The van der Waals surface area contributed by atoms with Crippen LogP contribution in [-0.2, 0) is 10.0 Å². The minimum Gasteiger partial charge on any atom is -0.406 e. The van der Waals surface area contributed by atoms with Gasteiger partial charge in [-0.2, -0.15) is 0 Å². The monoisotopic (exact) mass is 331 g/mol. The smallest absolute Gasteiger partial charge is 0.406 e. The van der Waals surface area contributed by atoms with Gasteiger partial charge in [-0.05, 0) is 36.4 Å². The zero-order chi connectivity index (χ0) is 16.4. The van der Waals surface area contributed by atoms with Crippen molar-refractivity contribution in [2.45, 2.75) is 11.3 Å². The molecule has 0 saturated heterocycles. The van der Waals surface area contributed by atoms with Gasteiger partial charge in [0.25, 0.3) is 10.0 Å². The number of ether oxygens (including phenoxy) is 1. The van der Waals surface area contributed by atoms with E-state index in [9.17, 15) is 21.6 Å². The Balaban J connectivity index is 2.27. The summed E-state index contributed by atoms with van der Waals surface area (Å²) in [5.41, 5.74) is 0.443. The molecule has 0 unspecified atom stereocenters. The van der Waals surface area contributed by atoms with E-state index in [4.69, 9.17) is 0 Å². The maximum Gasteiger partial charge on any atom is 0.573 e. The third-order valence-electron chi connectivity index (χ3n) is 2.84. The Kier molecular flexibility index (Phi) is 4.32. The van der Waals surface area contributed by atoms with Crippen LogP contribution in [0.2, 0.25) is 0 Å². The quantitative estimate of drug-likeness (QED) is 0.862. The molecular formula is C14H12F3NO3S. The van der Waals surface area contributed by atoms with Crippen LogP contribution in [0.4, 0.5) is 18.9 Å². The maximum atomic E-state index is 12.4. The van der Waals surface area contributed by atoms with Crippen molar-refractivity contribution in [3.63, 3.8) is 0 Å². The average molecular weight is 331 g/mol. The first-order valence-corrected chi connectivity index (χ1v) is 7.54. The summed E-state index contributed by atoms with van der Waals surface area (Å²) in [5.74, 6) is -0.478. The van der Waals surface area contributed by atoms with Gasteiger partial charge in [0.2, 0.25) is 0 Å². The van der Waals surface area contributed by atoms with Gasteiger partial charge in [0.1, 0.15) is 5.75 Å². The van der Waals surface area contributed by atoms with E-state index in [1.165, 1.54) is 7.05 Å². The van der Waals surface area contributed by atoms with E-state index in [0.29, 0.717) is 5.69 Å². The molecule has 0 aliphatic carbocycles. The third kappa shape index (κ3) is 3.70. The number of benzene rings is 2. The fraction of sp³-hybridized carbons (Fsp3) is 0.143. The Morgan fingerprint density at radius 2 is 1.50 bits per heavy atom. The molecule has 4 nitrogen and oxygen atoms in total. The Hall–Kier alpha value is -2.22. The van der Waals surface area contributed by atoms with Crippen molar-refractivity contribution in [2.75, 3.05) is 11.4 Å². The van der Waals surface area contributed by atoms with Crippen molar-refractivity contribution < 1.29 is 26.3 Å². The van der Waals surface area contributed by atoms with E-state index in [-0.39, 0.29) is 4.90 Å². The molecular weight excluding hydrogens is 319 g/mol. The molecule has 0 atom stereocenters. The largest absolute Gasteiger partial charge is 0.573 e. The van der Waals surface area contributed by atoms with Gasteiger partial charge in [0, 0.05) is 7.05 Å². The van der Waals surface area contributed by atoms with E-state index in [1.54, 1.807) is 30.3 Å². The fourth-order valence-corrected chi connectivity index (χ4v) is 2.94. The number of anilines is 1. The maximum absolute atomic E-state index is 12.4. The number of sulfonamides is 1. The predicted molar refractivity (Wildman–Crippen MR) is 75.2 cm³/mol. The van der Waals surface area contributed by atoms with Gasteiger partial charge in [-0.15, -0.1) is 13.2 Å². The number of nitrogens with zero attached hydrogens (tertiary/aromatic N) is 1. The summed E-state index contributed by atoms with van der Waals surface area (Å²) in [6.45, 7) is 0. The second-order valence-corrected chi connectivity index (χ2v) is 6.30. The molecule has 0 aliphatic heterocycles. The number of hydrogen-bond donors (Lipinski definition) is 0. The molecule has 2 rings (SSSR count). The summed E-state index contributed by atoms with van der Waals surface area (Å²) in [5, 5.41) is 0. The standard InChI is InChI=1S/C14H12F3NO3S/c1-18(11-5-3-2-4-6-11)22(19,20)13-9-7-12(8-10-13)21-14(15,16)17/h2-10H,1H3. The van der Waals surface area contributed by atoms with Crippen molar-refractivity contribution in [1.82, 2.24) is 0 Å². The topological polar surface area (TPSA) is 46.6 Å². The molecule has 0 aliphatic rings. The number of hydrogen-bond acceptors (Lipinski definition) is 3. The van der Waals surface area contributed by atoms with Gasteiger partial charge in [0.15, 0.2) is 0 Å². The van der Waals surface area contributed by atoms with E-state index in [0.717, 1.165) is 28.6 Å².